The zero-order valence-electron chi connectivity index (χ0n) is 8.62. The van der Waals surface area contributed by atoms with Crippen molar-refractivity contribution in [3.05, 3.63) is 0 Å². The van der Waals surface area contributed by atoms with Gasteiger partial charge in [-0.2, -0.15) is 0 Å². The van der Waals surface area contributed by atoms with Crippen molar-refractivity contribution < 1.29 is 14.3 Å². The van der Waals surface area contributed by atoms with Crippen LogP contribution < -0.4 is 16.4 Å². The number of rotatable bonds is 4. The number of primary amides is 1. The van der Waals surface area contributed by atoms with Crippen LogP contribution in [0.15, 0.2) is 0 Å². The molecule has 0 bridgehead atoms. The summed E-state index contributed by atoms with van der Waals surface area (Å²) >= 11 is 0. The zero-order chi connectivity index (χ0) is 11.1. The molecular weight excluding hydrogens is 198 g/mol. The van der Waals surface area contributed by atoms with Gasteiger partial charge >= 0.3 is 6.03 Å². The molecule has 0 aromatic rings. The smallest absolute Gasteiger partial charge is 0.318 e. The Bertz CT molecular complexity index is 227. The van der Waals surface area contributed by atoms with Gasteiger partial charge in [0.1, 0.15) is 6.61 Å². The molecule has 1 unspecified atom stereocenters. The minimum absolute atomic E-state index is 0.112. The van der Waals surface area contributed by atoms with E-state index in [1.165, 1.54) is 0 Å². The van der Waals surface area contributed by atoms with Gasteiger partial charge < -0.3 is 15.8 Å². The Morgan fingerprint density at radius 1 is 1.53 bits per heavy atom. The van der Waals surface area contributed by atoms with Crippen molar-refractivity contribution in [1.29, 1.82) is 0 Å². The molecule has 1 aliphatic rings. The first-order valence-corrected chi connectivity index (χ1v) is 5.06. The average Bonchev–Trinajstić information content (AvgIpc) is 2.18. The van der Waals surface area contributed by atoms with Crippen LogP contribution in [-0.4, -0.2) is 38.2 Å². The fraction of sp³-hybridized carbons (Fsp3) is 0.778. The van der Waals surface area contributed by atoms with Gasteiger partial charge in [-0.05, 0) is 25.3 Å². The van der Waals surface area contributed by atoms with E-state index in [1.807, 2.05) is 5.32 Å². The molecule has 15 heavy (non-hydrogen) atoms. The second kappa shape index (κ2) is 6.36. The third kappa shape index (κ3) is 5.34. The van der Waals surface area contributed by atoms with Gasteiger partial charge in [0, 0.05) is 6.54 Å². The second-order valence-electron chi connectivity index (χ2n) is 3.64. The van der Waals surface area contributed by atoms with Gasteiger partial charge in [0.2, 0.25) is 0 Å². The Morgan fingerprint density at radius 3 is 2.93 bits per heavy atom. The maximum atomic E-state index is 10.9. The summed E-state index contributed by atoms with van der Waals surface area (Å²) in [6.07, 6.45) is 2.26. The van der Waals surface area contributed by atoms with Gasteiger partial charge in [0.15, 0.2) is 0 Å². The second-order valence-corrected chi connectivity index (χ2v) is 3.64. The normalized spacial score (nSPS) is 20.9. The van der Waals surface area contributed by atoms with Crippen LogP contribution in [0, 0.1) is 5.92 Å². The number of carbonyl (C=O) groups is 2. The molecule has 6 heteroatoms. The number of nitrogens with two attached hydrogens (primary N) is 1. The van der Waals surface area contributed by atoms with Crippen molar-refractivity contribution in [3.63, 3.8) is 0 Å². The minimum atomic E-state index is -0.845. The van der Waals surface area contributed by atoms with Crippen LogP contribution >= 0.6 is 0 Å². The van der Waals surface area contributed by atoms with Gasteiger partial charge in [-0.3, -0.25) is 10.1 Å². The van der Waals surface area contributed by atoms with E-state index in [0.717, 1.165) is 25.9 Å². The molecule has 0 aromatic carbocycles. The lowest BCUT2D eigenvalue weighted by molar-refractivity contribution is -0.125. The molecule has 1 saturated heterocycles. The Kier molecular flexibility index (Phi) is 5.06. The number of imide groups is 1. The summed E-state index contributed by atoms with van der Waals surface area (Å²) in [5.74, 6) is -0.0357. The van der Waals surface area contributed by atoms with Crippen molar-refractivity contribution in [2.75, 3.05) is 26.3 Å². The molecule has 0 aromatic heterocycles. The number of carbonyl (C=O) groups excluding carboxylic acids is 2. The Hall–Kier alpha value is -1.14. The summed E-state index contributed by atoms with van der Waals surface area (Å²) in [7, 11) is 0. The monoisotopic (exact) mass is 215 g/mol. The number of hydrogen-bond donors (Lipinski definition) is 3. The topological polar surface area (TPSA) is 93.5 Å². The quantitative estimate of drug-likeness (QED) is 0.572. The van der Waals surface area contributed by atoms with Crippen LogP contribution in [0.3, 0.4) is 0 Å². The van der Waals surface area contributed by atoms with Gasteiger partial charge in [-0.15, -0.1) is 0 Å². The molecule has 1 rings (SSSR count). The lowest BCUT2D eigenvalue weighted by atomic mass is 10.0. The third-order valence-electron chi connectivity index (χ3n) is 2.25. The van der Waals surface area contributed by atoms with Crippen molar-refractivity contribution in [2.24, 2.45) is 11.7 Å². The maximum Gasteiger partial charge on any atom is 0.318 e. The van der Waals surface area contributed by atoms with Crippen molar-refractivity contribution >= 4 is 11.9 Å². The van der Waals surface area contributed by atoms with Crippen LogP contribution in [0.2, 0.25) is 0 Å². The van der Waals surface area contributed by atoms with E-state index in [9.17, 15) is 9.59 Å². The Morgan fingerprint density at radius 2 is 2.33 bits per heavy atom. The van der Waals surface area contributed by atoms with Crippen LogP contribution in [0.1, 0.15) is 12.8 Å². The summed E-state index contributed by atoms with van der Waals surface area (Å²) in [5, 5.41) is 5.19. The van der Waals surface area contributed by atoms with Gasteiger partial charge in [0.25, 0.3) is 5.91 Å². The van der Waals surface area contributed by atoms with E-state index in [1.54, 1.807) is 0 Å². The number of urea groups is 1. The Balaban J connectivity index is 2.04. The highest BCUT2D eigenvalue weighted by molar-refractivity contribution is 5.94. The first kappa shape index (κ1) is 11.9. The highest BCUT2D eigenvalue weighted by Gasteiger charge is 2.13. The van der Waals surface area contributed by atoms with Crippen LogP contribution in [0.5, 0.6) is 0 Å². The fourth-order valence-corrected chi connectivity index (χ4v) is 1.56. The molecule has 0 radical (unpaired) electrons. The highest BCUT2D eigenvalue weighted by Crippen LogP contribution is 2.09. The molecule has 1 fully saturated rings. The summed E-state index contributed by atoms with van der Waals surface area (Å²) in [4.78, 5) is 21.2. The summed E-state index contributed by atoms with van der Waals surface area (Å²) in [6, 6.07) is -0.845. The van der Waals surface area contributed by atoms with Gasteiger partial charge in [0.05, 0.1) is 6.61 Å². The molecule has 1 aliphatic heterocycles. The predicted octanol–water partition coefficient (Wildman–Crippen LogP) is -0.802. The Labute approximate surface area is 88.5 Å². The number of amides is 3. The van der Waals surface area contributed by atoms with Crippen molar-refractivity contribution in [3.8, 4) is 0 Å². The largest absolute Gasteiger partial charge is 0.371 e. The van der Waals surface area contributed by atoms with E-state index in [-0.39, 0.29) is 6.61 Å². The van der Waals surface area contributed by atoms with E-state index in [4.69, 9.17) is 10.5 Å². The number of piperidine rings is 1. The first-order chi connectivity index (χ1) is 7.18. The highest BCUT2D eigenvalue weighted by atomic mass is 16.5. The molecule has 0 saturated carbocycles. The molecule has 1 heterocycles. The summed E-state index contributed by atoms with van der Waals surface area (Å²) in [5.41, 5.74) is 4.77. The fourth-order valence-electron chi connectivity index (χ4n) is 1.56. The molecule has 3 amide bonds. The zero-order valence-corrected chi connectivity index (χ0v) is 8.62. The van der Waals surface area contributed by atoms with E-state index in [2.05, 4.69) is 5.32 Å². The summed E-state index contributed by atoms with van der Waals surface area (Å²) in [6.45, 7) is 2.41. The van der Waals surface area contributed by atoms with Crippen LogP contribution in [0.25, 0.3) is 0 Å². The standard InChI is InChI=1S/C9H17N3O3/c10-9(14)12-8(13)6-15-5-7-2-1-3-11-4-7/h7,11H,1-6H2,(H3,10,12,13,14). The molecule has 1 atom stereocenters. The van der Waals surface area contributed by atoms with Crippen molar-refractivity contribution in [2.45, 2.75) is 12.8 Å². The molecule has 0 spiro atoms. The number of hydrogen-bond acceptors (Lipinski definition) is 4. The van der Waals surface area contributed by atoms with E-state index < -0.39 is 11.9 Å². The van der Waals surface area contributed by atoms with Crippen LogP contribution in [0.4, 0.5) is 4.79 Å². The third-order valence-corrected chi connectivity index (χ3v) is 2.25. The van der Waals surface area contributed by atoms with Gasteiger partial charge in [-0.1, -0.05) is 0 Å². The minimum Gasteiger partial charge on any atom is -0.371 e. The average molecular weight is 215 g/mol. The van der Waals surface area contributed by atoms with Crippen LogP contribution in [-0.2, 0) is 9.53 Å². The number of ether oxygens (including phenoxy) is 1. The predicted molar refractivity (Wildman–Crippen MR) is 54.1 cm³/mol. The van der Waals surface area contributed by atoms with E-state index in [0.29, 0.717) is 12.5 Å². The lowest BCUT2D eigenvalue weighted by Gasteiger charge is -2.22. The first-order valence-electron chi connectivity index (χ1n) is 5.06. The molecule has 4 N–H and O–H groups in total. The maximum absolute atomic E-state index is 10.9. The van der Waals surface area contributed by atoms with E-state index >= 15 is 0 Å². The SMILES string of the molecule is NC(=O)NC(=O)COCC1CCCNC1. The molecule has 6 nitrogen and oxygen atoms in total. The van der Waals surface area contributed by atoms with Gasteiger partial charge in [-0.25, -0.2) is 4.79 Å². The summed E-state index contributed by atoms with van der Waals surface area (Å²) < 4.78 is 5.18. The molecular formula is C9H17N3O3. The molecule has 0 aliphatic carbocycles. The van der Waals surface area contributed by atoms with Crippen molar-refractivity contribution in [1.82, 2.24) is 10.6 Å². The molecule has 86 valence electrons. The number of nitrogens with one attached hydrogen (secondary N) is 2. The lowest BCUT2D eigenvalue weighted by Crippen LogP contribution is -2.38.